The predicted molar refractivity (Wildman–Crippen MR) is 65.7 cm³/mol. The van der Waals surface area contributed by atoms with E-state index in [0.29, 0.717) is 0 Å². The third kappa shape index (κ3) is 9.28. The molecule has 0 aliphatic carbocycles. The highest BCUT2D eigenvalue weighted by molar-refractivity contribution is 7.96. The number of allylic oxidation sites excluding steroid dienone is 4. The quantitative estimate of drug-likeness (QED) is 0.544. The minimum atomic E-state index is 1.05. The first-order valence-corrected chi connectivity index (χ1v) is 5.73. The van der Waals surface area contributed by atoms with E-state index in [9.17, 15) is 0 Å². The van der Waals surface area contributed by atoms with E-state index in [4.69, 9.17) is 0 Å². The molecule has 0 aliphatic rings. The molecule has 0 amide bonds. The normalized spacial score (nSPS) is 11.5. The summed E-state index contributed by atoms with van der Waals surface area (Å²) in [6.45, 7) is 11.8. The van der Waals surface area contributed by atoms with Crippen molar-refractivity contribution in [3.8, 4) is 0 Å². The molecule has 0 rings (SSSR count). The zero-order valence-corrected chi connectivity index (χ0v) is 10.2. The molecule has 0 aromatic heterocycles. The van der Waals surface area contributed by atoms with Crippen LogP contribution in [0.3, 0.4) is 0 Å². The Labute approximate surface area is 87.1 Å². The Bertz CT molecular complexity index is 181. The van der Waals surface area contributed by atoms with Crippen molar-refractivity contribution >= 4 is 11.9 Å². The first-order chi connectivity index (χ1) is 6.24. The van der Waals surface area contributed by atoms with Crippen LogP contribution in [0.1, 0.15) is 27.7 Å². The molecular weight excluding hydrogens is 178 g/mol. The summed E-state index contributed by atoms with van der Waals surface area (Å²) >= 11 is 1.57. The Morgan fingerprint density at radius 2 is 1.92 bits per heavy atom. The first kappa shape index (κ1) is 14.9. The molecule has 0 unspecified atom stereocenters. The van der Waals surface area contributed by atoms with Crippen molar-refractivity contribution in [3.05, 3.63) is 36.1 Å². The van der Waals surface area contributed by atoms with Gasteiger partial charge in [-0.2, -0.15) is 0 Å². The molecule has 0 aromatic rings. The van der Waals surface area contributed by atoms with Crippen molar-refractivity contribution in [1.29, 1.82) is 0 Å². The Kier molecular flexibility index (Phi) is 13.0. The molecule has 13 heavy (non-hydrogen) atoms. The summed E-state index contributed by atoms with van der Waals surface area (Å²) in [6, 6.07) is 0. The maximum Gasteiger partial charge on any atom is 0.0436 e. The van der Waals surface area contributed by atoms with Gasteiger partial charge in [-0.05, 0) is 26.0 Å². The van der Waals surface area contributed by atoms with Crippen LogP contribution in [-0.4, -0.2) is 6.26 Å². The lowest BCUT2D eigenvalue weighted by Gasteiger charge is -2.01. The van der Waals surface area contributed by atoms with Gasteiger partial charge in [0, 0.05) is 12.0 Å². The zero-order valence-electron chi connectivity index (χ0n) is 9.35. The second-order valence-corrected chi connectivity index (χ2v) is 2.76. The van der Waals surface area contributed by atoms with Crippen LogP contribution in [0.2, 0.25) is 0 Å². The van der Waals surface area contributed by atoms with Gasteiger partial charge in [0.25, 0.3) is 0 Å². The summed E-state index contributed by atoms with van der Waals surface area (Å²) in [5, 5.41) is 0. The smallest absolute Gasteiger partial charge is 0.0436 e. The average Bonchev–Trinajstić information content (AvgIpc) is 2.20. The van der Waals surface area contributed by atoms with Crippen molar-refractivity contribution in [2.75, 3.05) is 6.26 Å². The molecule has 0 saturated heterocycles. The van der Waals surface area contributed by atoms with Gasteiger partial charge in [0.05, 0.1) is 0 Å². The summed E-state index contributed by atoms with van der Waals surface area (Å²) in [6.07, 6.45) is 7.92. The molecule has 1 nitrogen and oxygen atoms in total. The van der Waals surface area contributed by atoms with Crippen molar-refractivity contribution in [3.63, 3.8) is 0 Å². The topological polar surface area (TPSA) is 12.0 Å². The summed E-state index contributed by atoms with van der Waals surface area (Å²) in [5.41, 5.74) is 2.29. The van der Waals surface area contributed by atoms with Gasteiger partial charge in [-0.15, -0.1) is 0 Å². The maximum atomic E-state index is 3.70. The molecule has 0 bridgehead atoms. The molecule has 0 atom stereocenters. The van der Waals surface area contributed by atoms with E-state index >= 15 is 0 Å². The lowest BCUT2D eigenvalue weighted by molar-refractivity contribution is 1.27. The van der Waals surface area contributed by atoms with Crippen LogP contribution in [0.5, 0.6) is 0 Å². The molecule has 1 N–H and O–H groups in total. The van der Waals surface area contributed by atoms with Crippen LogP contribution < -0.4 is 4.72 Å². The second kappa shape index (κ2) is 11.4. The van der Waals surface area contributed by atoms with Crippen LogP contribution in [0.4, 0.5) is 0 Å². The Hall–Kier alpha value is -0.630. The van der Waals surface area contributed by atoms with Crippen LogP contribution in [0.15, 0.2) is 36.1 Å². The monoisotopic (exact) mass is 199 g/mol. The van der Waals surface area contributed by atoms with Gasteiger partial charge in [0.2, 0.25) is 0 Å². The second-order valence-electron chi connectivity index (χ2n) is 2.14. The van der Waals surface area contributed by atoms with E-state index < -0.39 is 0 Å². The van der Waals surface area contributed by atoms with Crippen molar-refractivity contribution in [2.45, 2.75) is 27.7 Å². The van der Waals surface area contributed by atoms with Crippen molar-refractivity contribution < 1.29 is 0 Å². The van der Waals surface area contributed by atoms with E-state index in [1.165, 1.54) is 5.57 Å². The van der Waals surface area contributed by atoms with Gasteiger partial charge >= 0.3 is 0 Å². The molecule has 0 heterocycles. The van der Waals surface area contributed by atoms with Crippen LogP contribution >= 0.6 is 11.9 Å². The van der Waals surface area contributed by atoms with E-state index in [-0.39, 0.29) is 0 Å². The van der Waals surface area contributed by atoms with Gasteiger partial charge in [0.15, 0.2) is 0 Å². The minimum Gasteiger partial charge on any atom is -0.330 e. The fourth-order valence-electron chi connectivity index (χ4n) is 0.577. The van der Waals surface area contributed by atoms with Gasteiger partial charge in [-0.25, -0.2) is 0 Å². The minimum absolute atomic E-state index is 1.05. The molecular formula is C11H21NS. The van der Waals surface area contributed by atoms with Gasteiger partial charge in [0.1, 0.15) is 0 Å². The number of nitrogens with one attached hydrogen (secondary N) is 1. The van der Waals surface area contributed by atoms with Gasteiger partial charge in [-0.3, -0.25) is 0 Å². The van der Waals surface area contributed by atoms with E-state index in [2.05, 4.69) is 30.4 Å². The third-order valence-electron chi connectivity index (χ3n) is 1.28. The molecule has 0 fully saturated rings. The summed E-state index contributed by atoms with van der Waals surface area (Å²) < 4.78 is 3.12. The van der Waals surface area contributed by atoms with Gasteiger partial charge < -0.3 is 4.72 Å². The molecule has 0 radical (unpaired) electrons. The first-order valence-electron chi connectivity index (χ1n) is 4.50. The molecule has 0 aromatic carbocycles. The molecule has 2 heteroatoms. The molecule has 0 spiro atoms. The van der Waals surface area contributed by atoms with E-state index in [0.717, 1.165) is 5.70 Å². The highest BCUT2D eigenvalue weighted by Crippen LogP contribution is 2.02. The van der Waals surface area contributed by atoms with Crippen LogP contribution in [0.25, 0.3) is 0 Å². The summed E-state index contributed by atoms with van der Waals surface area (Å²) in [4.78, 5) is 0. The Morgan fingerprint density at radius 3 is 2.23 bits per heavy atom. The van der Waals surface area contributed by atoms with E-state index in [1.807, 2.05) is 33.1 Å². The highest BCUT2D eigenvalue weighted by Gasteiger charge is 1.87. The van der Waals surface area contributed by atoms with Gasteiger partial charge in [-0.1, -0.05) is 44.0 Å². The molecule has 76 valence electrons. The fourth-order valence-corrected chi connectivity index (χ4v) is 0.954. The van der Waals surface area contributed by atoms with Crippen molar-refractivity contribution in [1.82, 2.24) is 4.72 Å². The lowest BCUT2D eigenvalue weighted by Crippen LogP contribution is -1.98. The lowest BCUT2D eigenvalue weighted by atomic mass is 10.2. The standard InChI is InChI=1S/C9H15NS.C2H6/c1-5-8(3)7-9(6-2)10-11-4;1-2/h5-7,10H,2H2,1,3-4H3;1-2H3/b8-5-,9-7+;. The molecule has 0 saturated carbocycles. The number of hydrogen-bond acceptors (Lipinski definition) is 2. The van der Waals surface area contributed by atoms with Crippen LogP contribution in [0, 0.1) is 0 Å². The third-order valence-corrected chi connectivity index (χ3v) is 1.72. The SMILES string of the molecule is C=C/C(=C\C(C)=C/C)NSC.CC. The predicted octanol–water partition coefficient (Wildman–Crippen LogP) is 3.92. The number of hydrogen-bond donors (Lipinski definition) is 1. The van der Waals surface area contributed by atoms with Crippen molar-refractivity contribution in [2.24, 2.45) is 0 Å². The summed E-state index contributed by atoms with van der Waals surface area (Å²) in [5.74, 6) is 0. The summed E-state index contributed by atoms with van der Waals surface area (Å²) in [7, 11) is 0. The maximum absolute atomic E-state index is 3.70. The van der Waals surface area contributed by atoms with E-state index in [1.54, 1.807) is 11.9 Å². The Morgan fingerprint density at radius 1 is 1.38 bits per heavy atom. The average molecular weight is 199 g/mol. The largest absolute Gasteiger partial charge is 0.330 e. The Balaban J connectivity index is 0. The zero-order chi connectivity index (χ0) is 10.7. The molecule has 0 aliphatic heterocycles. The highest BCUT2D eigenvalue weighted by atomic mass is 32.2. The number of rotatable bonds is 4. The fraction of sp³-hybridized carbons (Fsp3) is 0.455. The van der Waals surface area contributed by atoms with Crippen LogP contribution in [-0.2, 0) is 0 Å².